The van der Waals surface area contributed by atoms with Crippen molar-refractivity contribution in [2.24, 2.45) is 0 Å². The molecule has 3 rings (SSSR count). The molecule has 0 spiro atoms. The first-order chi connectivity index (χ1) is 19.9. The Morgan fingerprint density at radius 1 is 0.976 bits per heavy atom. The van der Waals surface area contributed by atoms with Crippen molar-refractivity contribution in [3.8, 4) is 11.5 Å². The van der Waals surface area contributed by atoms with Crippen molar-refractivity contribution in [1.82, 2.24) is 10.2 Å². The highest BCUT2D eigenvalue weighted by Crippen LogP contribution is 2.32. The SMILES string of the molecule is CCC(C)NC(=O)C(C)N(Cc1ccccc1Cl)C(=O)CN(c1ccc(F)cc1)S(=O)(=O)c1ccc(OC)c(OC)c1. The number of rotatable bonds is 13. The highest BCUT2D eigenvalue weighted by molar-refractivity contribution is 7.92. The number of amides is 2. The normalized spacial score (nSPS) is 12.6. The van der Waals surface area contributed by atoms with Crippen LogP contribution in [0.4, 0.5) is 10.1 Å². The van der Waals surface area contributed by atoms with E-state index in [2.05, 4.69) is 5.32 Å². The first kappa shape index (κ1) is 32.7. The Bertz CT molecular complexity index is 1500. The largest absolute Gasteiger partial charge is 0.493 e. The number of benzene rings is 3. The van der Waals surface area contributed by atoms with E-state index < -0.39 is 40.2 Å². The van der Waals surface area contributed by atoms with Crippen LogP contribution in [-0.4, -0.2) is 58.0 Å². The minimum absolute atomic E-state index is 0.0499. The molecule has 1 N–H and O–H groups in total. The summed E-state index contributed by atoms with van der Waals surface area (Å²) in [6, 6.07) is 14.5. The lowest BCUT2D eigenvalue weighted by molar-refractivity contribution is -0.139. The van der Waals surface area contributed by atoms with Gasteiger partial charge in [0.15, 0.2) is 11.5 Å². The maximum atomic E-state index is 14.0. The maximum absolute atomic E-state index is 14.0. The third-order valence-corrected chi connectivity index (χ3v) is 8.94. The monoisotopic (exact) mass is 619 g/mol. The Morgan fingerprint density at radius 2 is 1.62 bits per heavy atom. The molecular formula is C30H35ClFN3O6S. The number of nitrogens with one attached hydrogen (secondary N) is 1. The topological polar surface area (TPSA) is 105 Å². The van der Waals surface area contributed by atoms with E-state index in [0.29, 0.717) is 22.8 Å². The molecule has 226 valence electrons. The molecule has 2 atom stereocenters. The second-order valence-corrected chi connectivity index (χ2v) is 11.9. The smallest absolute Gasteiger partial charge is 0.264 e. The van der Waals surface area contributed by atoms with Gasteiger partial charge in [-0.15, -0.1) is 0 Å². The number of halogens is 2. The third kappa shape index (κ3) is 7.71. The fourth-order valence-corrected chi connectivity index (χ4v) is 5.72. The molecule has 0 saturated heterocycles. The fraction of sp³-hybridized carbons (Fsp3) is 0.333. The summed E-state index contributed by atoms with van der Waals surface area (Å²) in [5.74, 6) is -1.17. The maximum Gasteiger partial charge on any atom is 0.264 e. The number of nitrogens with zero attached hydrogens (tertiary/aromatic N) is 2. The number of carbonyl (C=O) groups is 2. The summed E-state index contributed by atoms with van der Waals surface area (Å²) in [5.41, 5.74) is 0.626. The molecule has 0 fully saturated rings. The van der Waals surface area contributed by atoms with Crippen LogP contribution in [0.3, 0.4) is 0 Å². The van der Waals surface area contributed by atoms with Crippen molar-refractivity contribution in [3.63, 3.8) is 0 Å². The molecule has 0 radical (unpaired) electrons. The van der Waals surface area contributed by atoms with Gasteiger partial charge in [0.05, 0.1) is 24.8 Å². The molecule has 12 heteroatoms. The van der Waals surface area contributed by atoms with E-state index in [0.717, 1.165) is 16.4 Å². The van der Waals surface area contributed by atoms with Crippen LogP contribution in [0, 0.1) is 5.82 Å². The number of sulfonamides is 1. The van der Waals surface area contributed by atoms with Gasteiger partial charge in [0.2, 0.25) is 11.8 Å². The molecule has 9 nitrogen and oxygen atoms in total. The van der Waals surface area contributed by atoms with Crippen molar-refractivity contribution in [2.75, 3.05) is 25.1 Å². The van der Waals surface area contributed by atoms with E-state index in [4.69, 9.17) is 21.1 Å². The Kier molecular flexibility index (Phi) is 11.2. The molecule has 0 aromatic heterocycles. The Balaban J connectivity index is 2.07. The van der Waals surface area contributed by atoms with Crippen molar-refractivity contribution in [2.45, 2.75) is 50.7 Å². The highest BCUT2D eigenvalue weighted by Gasteiger charge is 2.33. The minimum atomic E-state index is -4.40. The van der Waals surface area contributed by atoms with E-state index in [1.807, 2.05) is 13.8 Å². The van der Waals surface area contributed by atoms with Crippen LogP contribution in [0.5, 0.6) is 11.5 Å². The first-order valence-electron chi connectivity index (χ1n) is 13.3. The molecule has 0 saturated carbocycles. The van der Waals surface area contributed by atoms with Crippen LogP contribution in [0.1, 0.15) is 32.8 Å². The number of carbonyl (C=O) groups excluding carboxylic acids is 2. The zero-order valence-electron chi connectivity index (χ0n) is 24.1. The number of hydrogen-bond donors (Lipinski definition) is 1. The van der Waals surface area contributed by atoms with Crippen LogP contribution in [0.15, 0.2) is 71.6 Å². The van der Waals surface area contributed by atoms with E-state index in [1.165, 1.54) is 49.5 Å². The van der Waals surface area contributed by atoms with Gasteiger partial charge in [-0.1, -0.05) is 36.7 Å². The zero-order valence-corrected chi connectivity index (χ0v) is 25.7. The van der Waals surface area contributed by atoms with E-state index in [-0.39, 0.29) is 28.9 Å². The van der Waals surface area contributed by atoms with Crippen LogP contribution in [0.2, 0.25) is 5.02 Å². The van der Waals surface area contributed by atoms with Crippen molar-refractivity contribution in [3.05, 3.63) is 83.1 Å². The predicted molar refractivity (Wildman–Crippen MR) is 160 cm³/mol. The van der Waals surface area contributed by atoms with Crippen LogP contribution < -0.4 is 19.1 Å². The van der Waals surface area contributed by atoms with Gasteiger partial charge in [0.1, 0.15) is 18.4 Å². The van der Waals surface area contributed by atoms with Gasteiger partial charge in [0, 0.05) is 23.7 Å². The average Bonchev–Trinajstić information content (AvgIpc) is 2.98. The van der Waals surface area contributed by atoms with E-state index >= 15 is 0 Å². The molecule has 3 aromatic rings. The van der Waals surface area contributed by atoms with Crippen molar-refractivity contribution >= 4 is 39.1 Å². The van der Waals surface area contributed by atoms with Crippen LogP contribution in [0.25, 0.3) is 0 Å². The molecule has 0 aliphatic heterocycles. The predicted octanol–water partition coefficient (Wildman–Crippen LogP) is 5.02. The molecular weight excluding hydrogens is 585 g/mol. The number of hydrogen-bond acceptors (Lipinski definition) is 6. The summed E-state index contributed by atoms with van der Waals surface area (Å²) in [6.45, 7) is 4.59. The summed E-state index contributed by atoms with van der Waals surface area (Å²) in [6.07, 6.45) is 0.679. The summed E-state index contributed by atoms with van der Waals surface area (Å²) < 4.78 is 53.2. The van der Waals surface area contributed by atoms with Crippen molar-refractivity contribution in [1.29, 1.82) is 0 Å². The molecule has 0 heterocycles. The molecule has 0 bridgehead atoms. The molecule has 0 aliphatic rings. The first-order valence-corrected chi connectivity index (χ1v) is 15.1. The van der Waals surface area contributed by atoms with Gasteiger partial charge in [-0.3, -0.25) is 13.9 Å². The highest BCUT2D eigenvalue weighted by atomic mass is 35.5. The van der Waals surface area contributed by atoms with Gasteiger partial charge in [0.25, 0.3) is 10.0 Å². The van der Waals surface area contributed by atoms with Crippen LogP contribution in [-0.2, 0) is 26.2 Å². The molecule has 2 unspecified atom stereocenters. The Labute approximate surface area is 251 Å². The summed E-state index contributed by atoms with van der Waals surface area (Å²) >= 11 is 6.38. The summed E-state index contributed by atoms with van der Waals surface area (Å²) in [4.78, 5) is 28.2. The second kappa shape index (κ2) is 14.4. The molecule has 0 aliphatic carbocycles. The number of methoxy groups -OCH3 is 2. The molecule has 3 aromatic carbocycles. The summed E-state index contributed by atoms with van der Waals surface area (Å²) in [7, 11) is -1.61. The average molecular weight is 620 g/mol. The lowest BCUT2D eigenvalue weighted by Crippen LogP contribution is -2.52. The summed E-state index contributed by atoms with van der Waals surface area (Å²) in [5, 5.41) is 3.26. The van der Waals surface area contributed by atoms with Gasteiger partial charge in [-0.05, 0) is 68.3 Å². The molecule has 2 amide bonds. The van der Waals surface area contributed by atoms with Gasteiger partial charge in [-0.25, -0.2) is 12.8 Å². The third-order valence-electron chi connectivity index (χ3n) is 6.80. The van der Waals surface area contributed by atoms with E-state index in [1.54, 1.807) is 31.2 Å². The fourth-order valence-electron chi connectivity index (χ4n) is 4.10. The van der Waals surface area contributed by atoms with Gasteiger partial charge in [-0.2, -0.15) is 0 Å². The lowest BCUT2D eigenvalue weighted by Gasteiger charge is -2.32. The Hall–Kier alpha value is -3.83. The van der Waals surface area contributed by atoms with Crippen molar-refractivity contribution < 1.29 is 31.9 Å². The second-order valence-electron chi connectivity index (χ2n) is 9.61. The molecule has 42 heavy (non-hydrogen) atoms. The number of anilines is 1. The number of ether oxygens (including phenoxy) is 2. The Morgan fingerprint density at radius 3 is 2.21 bits per heavy atom. The van der Waals surface area contributed by atoms with Gasteiger partial charge >= 0.3 is 0 Å². The minimum Gasteiger partial charge on any atom is -0.493 e. The standard InChI is InChI=1S/C30H35ClFN3O6S/c1-6-20(2)33-30(37)21(3)34(18-22-9-7-8-10-26(22)31)29(36)19-35(24-13-11-23(32)12-14-24)42(38,39)25-15-16-27(40-4)28(17-25)41-5/h7-17,20-21H,6,18-19H2,1-5H3,(H,33,37). The van der Waals surface area contributed by atoms with Crippen LogP contribution >= 0.6 is 11.6 Å². The lowest BCUT2D eigenvalue weighted by atomic mass is 10.1. The van der Waals surface area contributed by atoms with Gasteiger partial charge < -0.3 is 19.7 Å². The van der Waals surface area contributed by atoms with E-state index in [9.17, 15) is 22.4 Å². The zero-order chi connectivity index (χ0) is 31.0. The quantitative estimate of drug-likeness (QED) is 0.288.